The van der Waals surface area contributed by atoms with Crippen molar-refractivity contribution in [3.8, 4) is 5.75 Å². The number of hydrogen-bond donors (Lipinski definition) is 2. The van der Waals surface area contributed by atoms with Gasteiger partial charge in [-0.15, -0.1) is 22.7 Å². The summed E-state index contributed by atoms with van der Waals surface area (Å²) in [6.45, 7) is 5.09. The third kappa shape index (κ3) is 3.51. The first-order valence-corrected chi connectivity index (χ1v) is 11.6. The molecule has 2 aromatic heterocycles. The predicted octanol–water partition coefficient (Wildman–Crippen LogP) is 4.26. The number of carbonyl (C=O) groups excluding carboxylic acids is 2. The lowest BCUT2D eigenvalue weighted by Gasteiger charge is -2.28. The van der Waals surface area contributed by atoms with Crippen LogP contribution in [0.25, 0.3) is 0 Å². The van der Waals surface area contributed by atoms with Gasteiger partial charge in [0.25, 0.3) is 5.91 Å². The van der Waals surface area contributed by atoms with Crippen LogP contribution in [-0.2, 0) is 13.0 Å². The highest BCUT2D eigenvalue weighted by atomic mass is 32.1. The summed E-state index contributed by atoms with van der Waals surface area (Å²) in [5.74, 6) is 0.0902. The number of esters is 1. The number of hydrogen-bond acceptors (Lipinski definition) is 7. The van der Waals surface area contributed by atoms with Crippen LogP contribution in [0.1, 0.15) is 49.1 Å². The number of carbonyl (C=O) groups is 2. The number of rotatable bonds is 4. The highest BCUT2D eigenvalue weighted by Crippen LogP contribution is 2.40. The molecule has 0 fully saturated rings. The summed E-state index contributed by atoms with van der Waals surface area (Å²) in [5, 5.41) is 9.33. The van der Waals surface area contributed by atoms with E-state index in [0.29, 0.717) is 10.6 Å². The minimum Gasteiger partial charge on any atom is -0.422 e. The molecule has 0 radical (unpaired) electrons. The van der Waals surface area contributed by atoms with Crippen LogP contribution in [-0.4, -0.2) is 29.9 Å². The number of anilines is 1. The molecule has 1 atom stereocenters. The standard InChI is InChI=1S/C22H21N3O3S2/c1-2-25-10-9-15-17(12-25)30-21-18(15)20(26)23-19(24-21)13-5-7-14(8-6-13)28-22(27)16-4-3-11-29-16/h3-8,11,19,24H,2,9-10,12H2,1H3,(H,23,26)/t19-/m0/s1. The van der Waals surface area contributed by atoms with Gasteiger partial charge in [-0.2, -0.15) is 0 Å². The van der Waals surface area contributed by atoms with Crippen molar-refractivity contribution in [2.24, 2.45) is 0 Å². The van der Waals surface area contributed by atoms with Gasteiger partial charge in [-0.25, -0.2) is 4.79 Å². The fourth-order valence-corrected chi connectivity index (χ4v) is 5.80. The van der Waals surface area contributed by atoms with E-state index in [1.54, 1.807) is 29.5 Å². The Bertz CT molecular complexity index is 1090. The van der Waals surface area contributed by atoms with Crippen molar-refractivity contribution in [3.63, 3.8) is 0 Å². The van der Waals surface area contributed by atoms with Crippen molar-refractivity contribution in [3.05, 3.63) is 68.2 Å². The Morgan fingerprint density at radius 2 is 2.07 bits per heavy atom. The highest BCUT2D eigenvalue weighted by Gasteiger charge is 2.33. The summed E-state index contributed by atoms with van der Waals surface area (Å²) in [5.41, 5.74) is 2.91. The summed E-state index contributed by atoms with van der Waals surface area (Å²) in [6.07, 6.45) is 0.605. The smallest absolute Gasteiger partial charge is 0.353 e. The molecule has 8 heteroatoms. The summed E-state index contributed by atoms with van der Waals surface area (Å²) in [4.78, 5) is 29.2. The van der Waals surface area contributed by atoms with E-state index in [0.717, 1.165) is 42.2 Å². The molecule has 3 aromatic rings. The fraction of sp³-hybridized carbons (Fsp3) is 0.273. The lowest BCUT2D eigenvalue weighted by Crippen LogP contribution is -2.38. The molecule has 2 aliphatic rings. The van der Waals surface area contributed by atoms with E-state index in [4.69, 9.17) is 4.74 Å². The zero-order chi connectivity index (χ0) is 20.7. The maximum Gasteiger partial charge on any atom is 0.353 e. The molecule has 5 rings (SSSR count). The van der Waals surface area contributed by atoms with E-state index in [9.17, 15) is 9.59 Å². The Hall–Kier alpha value is -2.68. The van der Waals surface area contributed by atoms with Gasteiger partial charge in [-0.05, 0) is 47.7 Å². The van der Waals surface area contributed by atoms with Gasteiger partial charge in [0, 0.05) is 18.0 Å². The minimum atomic E-state index is -0.364. The Morgan fingerprint density at radius 3 is 2.80 bits per heavy atom. The lowest BCUT2D eigenvalue weighted by molar-refractivity contribution is 0.0739. The third-order valence-corrected chi connectivity index (χ3v) is 7.51. The van der Waals surface area contributed by atoms with Gasteiger partial charge in [0.2, 0.25) is 0 Å². The molecule has 0 unspecified atom stereocenters. The summed E-state index contributed by atoms with van der Waals surface area (Å²) in [7, 11) is 0. The molecule has 2 N–H and O–H groups in total. The molecule has 0 spiro atoms. The molecule has 0 saturated heterocycles. The topological polar surface area (TPSA) is 70.7 Å². The average molecular weight is 440 g/mol. The van der Waals surface area contributed by atoms with Crippen LogP contribution in [0.4, 0.5) is 5.00 Å². The number of nitrogens with zero attached hydrogens (tertiary/aromatic N) is 1. The Labute approximate surface area is 182 Å². The summed E-state index contributed by atoms with van der Waals surface area (Å²) in [6, 6.07) is 10.8. The van der Waals surface area contributed by atoms with Crippen molar-refractivity contribution in [2.75, 3.05) is 18.4 Å². The first-order valence-electron chi connectivity index (χ1n) is 9.92. The molecule has 0 aliphatic carbocycles. The van der Waals surface area contributed by atoms with E-state index >= 15 is 0 Å². The van der Waals surface area contributed by atoms with Gasteiger partial charge >= 0.3 is 5.97 Å². The Morgan fingerprint density at radius 1 is 1.23 bits per heavy atom. The first-order chi connectivity index (χ1) is 14.6. The van der Waals surface area contributed by atoms with E-state index in [1.807, 2.05) is 23.6 Å². The van der Waals surface area contributed by atoms with Crippen molar-refractivity contribution < 1.29 is 14.3 Å². The van der Waals surface area contributed by atoms with Crippen LogP contribution in [0.5, 0.6) is 5.75 Å². The van der Waals surface area contributed by atoms with Crippen molar-refractivity contribution >= 4 is 39.6 Å². The molecule has 154 valence electrons. The number of thiophene rings is 2. The van der Waals surface area contributed by atoms with Crippen LogP contribution in [0.2, 0.25) is 0 Å². The van der Waals surface area contributed by atoms with Gasteiger partial charge in [-0.3, -0.25) is 9.69 Å². The quantitative estimate of drug-likeness (QED) is 0.470. The number of nitrogens with one attached hydrogen (secondary N) is 2. The number of amides is 1. The second kappa shape index (κ2) is 7.86. The van der Waals surface area contributed by atoms with Crippen LogP contribution < -0.4 is 15.4 Å². The second-order valence-corrected chi connectivity index (χ2v) is 9.37. The largest absolute Gasteiger partial charge is 0.422 e. The molecule has 0 saturated carbocycles. The first kappa shape index (κ1) is 19.3. The highest BCUT2D eigenvalue weighted by molar-refractivity contribution is 7.16. The van der Waals surface area contributed by atoms with E-state index in [-0.39, 0.29) is 18.0 Å². The van der Waals surface area contributed by atoms with Crippen molar-refractivity contribution in [1.29, 1.82) is 0 Å². The van der Waals surface area contributed by atoms with E-state index < -0.39 is 0 Å². The Kier molecular flexibility index (Phi) is 5.06. The summed E-state index contributed by atoms with van der Waals surface area (Å²) < 4.78 is 5.42. The molecule has 6 nitrogen and oxygen atoms in total. The number of ether oxygens (including phenoxy) is 1. The predicted molar refractivity (Wildman–Crippen MR) is 119 cm³/mol. The van der Waals surface area contributed by atoms with Gasteiger partial charge in [0.05, 0.1) is 5.56 Å². The van der Waals surface area contributed by atoms with Crippen LogP contribution in [0.3, 0.4) is 0 Å². The number of fused-ring (bicyclic) bond motifs is 3. The zero-order valence-corrected chi connectivity index (χ0v) is 18.1. The van der Waals surface area contributed by atoms with Crippen molar-refractivity contribution in [2.45, 2.75) is 26.1 Å². The Balaban J connectivity index is 1.32. The van der Waals surface area contributed by atoms with Gasteiger partial charge in [0.1, 0.15) is 21.8 Å². The van der Waals surface area contributed by atoms with Crippen LogP contribution in [0.15, 0.2) is 41.8 Å². The molecule has 1 amide bonds. The van der Waals surface area contributed by atoms with Crippen molar-refractivity contribution in [1.82, 2.24) is 10.2 Å². The molecule has 1 aromatic carbocycles. The number of likely N-dealkylation sites (N-methyl/N-ethyl adjacent to an activating group) is 1. The molecule has 30 heavy (non-hydrogen) atoms. The van der Waals surface area contributed by atoms with Crippen LogP contribution in [0, 0.1) is 0 Å². The third-order valence-electron chi connectivity index (χ3n) is 5.51. The lowest BCUT2D eigenvalue weighted by atomic mass is 10.0. The minimum absolute atomic E-state index is 0.0237. The fourth-order valence-electron chi connectivity index (χ4n) is 3.89. The zero-order valence-electron chi connectivity index (χ0n) is 16.4. The number of benzene rings is 1. The maximum atomic E-state index is 12.9. The van der Waals surface area contributed by atoms with Crippen LogP contribution >= 0.6 is 22.7 Å². The second-order valence-electron chi connectivity index (χ2n) is 7.31. The summed E-state index contributed by atoms with van der Waals surface area (Å²) >= 11 is 3.04. The van der Waals surface area contributed by atoms with E-state index in [1.165, 1.54) is 21.8 Å². The average Bonchev–Trinajstić information content (AvgIpc) is 3.41. The molecule has 4 heterocycles. The molecular weight excluding hydrogens is 418 g/mol. The molecular formula is C22H21N3O3S2. The van der Waals surface area contributed by atoms with Gasteiger partial charge in [-0.1, -0.05) is 25.1 Å². The van der Waals surface area contributed by atoms with E-state index in [2.05, 4.69) is 22.5 Å². The molecule has 0 bridgehead atoms. The SMILES string of the molecule is CCN1CCc2c(sc3c2C(=O)N[C@H](c2ccc(OC(=O)c4cccs4)cc2)N3)C1. The molecule has 2 aliphatic heterocycles. The maximum absolute atomic E-state index is 12.9. The van der Waals surface area contributed by atoms with Gasteiger partial charge < -0.3 is 15.4 Å². The van der Waals surface area contributed by atoms with Gasteiger partial charge in [0.15, 0.2) is 0 Å². The monoisotopic (exact) mass is 439 g/mol. The normalized spacial score (nSPS) is 18.2.